The molecule has 0 radical (unpaired) electrons. The van der Waals surface area contributed by atoms with Crippen molar-refractivity contribution in [2.75, 3.05) is 13.1 Å². The van der Waals surface area contributed by atoms with Crippen LogP contribution in [-0.4, -0.2) is 49.4 Å². The molecule has 0 aromatic carbocycles. The molecule has 4 rings (SSSR count). The van der Waals surface area contributed by atoms with Crippen LogP contribution in [0.15, 0.2) is 29.3 Å². The van der Waals surface area contributed by atoms with Gasteiger partial charge in [-0.25, -0.2) is 0 Å². The van der Waals surface area contributed by atoms with Gasteiger partial charge in [0.25, 0.3) is 5.91 Å². The summed E-state index contributed by atoms with van der Waals surface area (Å²) in [7, 11) is 0. The molecule has 1 atom stereocenters. The molecule has 1 amide bonds. The monoisotopic (exact) mass is 372 g/mol. The summed E-state index contributed by atoms with van der Waals surface area (Å²) in [5, 5.41) is 15.0. The Kier molecular flexibility index (Phi) is 4.30. The van der Waals surface area contributed by atoms with Crippen molar-refractivity contribution < 1.29 is 14.6 Å². The van der Waals surface area contributed by atoms with E-state index in [0.29, 0.717) is 49.4 Å². The molecule has 1 unspecified atom stereocenters. The first-order chi connectivity index (χ1) is 12.9. The van der Waals surface area contributed by atoms with E-state index >= 15 is 0 Å². The minimum absolute atomic E-state index is 0.106. The van der Waals surface area contributed by atoms with E-state index in [4.69, 9.17) is 4.74 Å². The number of rotatable bonds is 2. The third-order valence-electron chi connectivity index (χ3n) is 5.45. The molecule has 4 heterocycles. The Morgan fingerprint density at radius 2 is 2.11 bits per heavy atom. The van der Waals surface area contributed by atoms with Crippen LogP contribution >= 0.6 is 0 Å². The van der Waals surface area contributed by atoms with Crippen molar-refractivity contribution in [3.63, 3.8) is 0 Å². The number of pyridine rings is 1. The number of H-pyrrole nitrogens is 1. The number of carbonyl (C=O) groups is 1. The first-order valence-electron chi connectivity index (χ1n) is 9.31. The molecule has 2 aromatic heterocycles. The first-order valence-corrected chi connectivity index (χ1v) is 9.31. The number of piperidine rings is 1. The molecule has 2 aromatic rings. The number of carbonyl (C=O) groups excluding carboxylic acids is 1. The number of nitrogens with one attached hydrogen (secondary N) is 1. The summed E-state index contributed by atoms with van der Waals surface area (Å²) in [6, 6.07) is 3.09. The van der Waals surface area contributed by atoms with Crippen LogP contribution in [0.1, 0.15) is 61.3 Å². The summed E-state index contributed by atoms with van der Waals surface area (Å²) in [5.41, 5.74) is 0.363. The SMILES string of the molecule is CC(C)n1cc2c(n1)C(O)CC1(CCN(C(=O)c3ccc(=O)[nH]c3)CC1)O2. The predicted octanol–water partition coefficient (Wildman–Crippen LogP) is 1.64. The number of nitrogens with zero attached hydrogens (tertiary/aromatic N) is 3. The number of likely N-dealkylation sites (tertiary alicyclic amines) is 1. The van der Waals surface area contributed by atoms with Gasteiger partial charge < -0.3 is 19.7 Å². The highest BCUT2D eigenvalue weighted by atomic mass is 16.5. The zero-order valence-corrected chi connectivity index (χ0v) is 15.5. The van der Waals surface area contributed by atoms with E-state index in [1.807, 2.05) is 24.7 Å². The van der Waals surface area contributed by atoms with Crippen molar-refractivity contribution in [1.82, 2.24) is 19.7 Å². The molecule has 0 bridgehead atoms. The van der Waals surface area contributed by atoms with Gasteiger partial charge in [-0.2, -0.15) is 5.10 Å². The van der Waals surface area contributed by atoms with Crippen LogP contribution in [0.25, 0.3) is 0 Å². The summed E-state index contributed by atoms with van der Waals surface area (Å²) >= 11 is 0. The van der Waals surface area contributed by atoms with Crippen molar-refractivity contribution in [1.29, 1.82) is 0 Å². The Morgan fingerprint density at radius 3 is 2.74 bits per heavy atom. The minimum Gasteiger partial charge on any atom is -0.483 e. The third kappa shape index (κ3) is 3.25. The molecular weight excluding hydrogens is 348 g/mol. The van der Waals surface area contributed by atoms with Gasteiger partial charge in [-0.3, -0.25) is 14.3 Å². The van der Waals surface area contributed by atoms with Crippen molar-refractivity contribution in [2.45, 2.75) is 50.9 Å². The molecule has 144 valence electrons. The number of fused-ring (bicyclic) bond motifs is 1. The zero-order chi connectivity index (χ0) is 19.2. The summed E-state index contributed by atoms with van der Waals surface area (Å²) < 4.78 is 8.09. The highest BCUT2D eigenvalue weighted by Crippen LogP contribution is 2.44. The Morgan fingerprint density at radius 1 is 1.37 bits per heavy atom. The highest BCUT2D eigenvalue weighted by Gasteiger charge is 2.45. The van der Waals surface area contributed by atoms with E-state index in [0.717, 1.165) is 0 Å². The largest absolute Gasteiger partial charge is 0.483 e. The second kappa shape index (κ2) is 6.53. The second-order valence-electron chi connectivity index (χ2n) is 7.69. The van der Waals surface area contributed by atoms with Gasteiger partial charge in [-0.15, -0.1) is 0 Å². The minimum atomic E-state index is -0.657. The molecule has 0 saturated carbocycles. The van der Waals surface area contributed by atoms with E-state index in [9.17, 15) is 14.7 Å². The third-order valence-corrected chi connectivity index (χ3v) is 5.45. The Balaban J connectivity index is 1.47. The molecule has 1 saturated heterocycles. The smallest absolute Gasteiger partial charge is 0.255 e. The van der Waals surface area contributed by atoms with Crippen LogP contribution in [0, 0.1) is 0 Å². The number of aromatic amines is 1. The standard InChI is InChI=1S/C19H24N4O4/c1-12(2)23-11-15-17(21-23)14(24)9-19(27-15)5-7-22(8-6-19)18(26)13-3-4-16(25)20-10-13/h3-4,10-12,14,24H,5-9H2,1-2H3,(H,20,25). The van der Waals surface area contributed by atoms with Crippen molar-refractivity contribution >= 4 is 5.91 Å². The number of aliphatic hydroxyl groups is 1. The zero-order valence-electron chi connectivity index (χ0n) is 15.5. The highest BCUT2D eigenvalue weighted by molar-refractivity contribution is 5.93. The molecule has 8 heteroatoms. The van der Waals surface area contributed by atoms with Gasteiger partial charge in [0.2, 0.25) is 5.56 Å². The molecule has 1 spiro atoms. The van der Waals surface area contributed by atoms with Crippen molar-refractivity contribution in [3.8, 4) is 5.75 Å². The summed E-state index contributed by atoms with van der Waals surface area (Å²) in [6.07, 6.45) is 4.41. The van der Waals surface area contributed by atoms with Crippen LogP contribution in [0.5, 0.6) is 5.75 Å². The van der Waals surface area contributed by atoms with Crippen LogP contribution < -0.4 is 10.3 Å². The Labute approximate surface area is 156 Å². The lowest BCUT2D eigenvalue weighted by Gasteiger charge is -2.44. The quantitative estimate of drug-likeness (QED) is 0.835. The van der Waals surface area contributed by atoms with E-state index < -0.39 is 11.7 Å². The topological polar surface area (TPSA) is 100 Å². The number of aliphatic hydroxyl groups excluding tert-OH is 1. The van der Waals surface area contributed by atoms with Gasteiger partial charge in [-0.1, -0.05) is 0 Å². The number of hydrogen-bond donors (Lipinski definition) is 2. The normalized spacial score (nSPS) is 21.2. The fourth-order valence-electron chi connectivity index (χ4n) is 3.84. The number of amides is 1. The Hall–Kier alpha value is -2.61. The van der Waals surface area contributed by atoms with Crippen LogP contribution in [0.4, 0.5) is 0 Å². The molecule has 2 N–H and O–H groups in total. The van der Waals surface area contributed by atoms with E-state index in [2.05, 4.69) is 10.1 Å². The number of aromatic nitrogens is 3. The molecular formula is C19H24N4O4. The lowest BCUT2D eigenvalue weighted by Crippen LogP contribution is -2.51. The maximum absolute atomic E-state index is 12.6. The van der Waals surface area contributed by atoms with E-state index in [1.165, 1.54) is 12.3 Å². The summed E-state index contributed by atoms with van der Waals surface area (Å²) in [4.78, 5) is 28.1. The molecule has 27 heavy (non-hydrogen) atoms. The Bertz CT molecular complexity index is 888. The van der Waals surface area contributed by atoms with E-state index in [-0.39, 0.29) is 17.5 Å². The van der Waals surface area contributed by atoms with Gasteiger partial charge in [0.1, 0.15) is 17.4 Å². The first kappa shape index (κ1) is 17.8. The molecule has 0 aliphatic carbocycles. The lowest BCUT2D eigenvalue weighted by molar-refractivity contribution is -0.0504. The molecule has 2 aliphatic heterocycles. The van der Waals surface area contributed by atoms with Gasteiger partial charge in [0, 0.05) is 50.7 Å². The maximum Gasteiger partial charge on any atom is 0.255 e. The summed E-state index contributed by atoms with van der Waals surface area (Å²) in [6.45, 7) is 5.14. The summed E-state index contributed by atoms with van der Waals surface area (Å²) in [5.74, 6) is 0.536. The average Bonchev–Trinajstić information content (AvgIpc) is 3.07. The number of ether oxygens (including phenoxy) is 1. The fraction of sp³-hybridized carbons (Fsp3) is 0.526. The van der Waals surface area contributed by atoms with Gasteiger partial charge in [0.05, 0.1) is 11.8 Å². The van der Waals surface area contributed by atoms with Crippen LogP contribution in [0.2, 0.25) is 0 Å². The number of hydrogen-bond acceptors (Lipinski definition) is 5. The van der Waals surface area contributed by atoms with E-state index in [1.54, 1.807) is 11.0 Å². The van der Waals surface area contributed by atoms with Crippen molar-refractivity contribution in [2.24, 2.45) is 0 Å². The maximum atomic E-state index is 12.6. The fourth-order valence-corrected chi connectivity index (χ4v) is 3.84. The van der Waals surface area contributed by atoms with Gasteiger partial charge in [0.15, 0.2) is 5.75 Å². The predicted molar refractivity (Wildman–Crippen MR) is 97.7 cm³/mol. The van der Waals surface area contributed by atoms with Crippen LogP contribution in [-0.2, 0) is 0 Å². The van der Waals surface area contributed by atoms with Gasteiger partial charge in [-0.05, 0) is 19.9 Å². The van der Waals surface area contributed by atoms with Crippen LogP contribution in [0.3, 0.4) is 0 Å². The van der Waals surface area contributed by atoms with Gasteiger partial charge >= 0.3 is 0 Å². The van der Waals surface area contributed by atoms with Crippen molar-refractivity contribution in [3.05, 3.63) is 46.1 Å². The second-order valence-corrected chi connectivity index (χ2v) is 7.69. The average molecular weight is 372 g/mol. The molecule has 2 aliphatic rings. The lowest BCUT2D eigenvalue weighted by atomic mass is 9.83. The molecule has 1 fully saturated rings. The molecule has 8 nitrogen and oxygen atoms in total.